The van der Waals surface area contributed by atoms with Crippen molar-refractivity contribution in [1.82, 2.24) is 10.6 Å². The summed E-state index contributed by atoms with van der Waals surface area (Å²) in [4.78, 5) is 23.6. The smallest absolute Gasteiger partial charge is 0.222 e. The molecule has 2 rings (SSSR count). The van der Waals surface area contributed by atoms with Crippen LogP contribution in [0.25, 0.3) is 0 Å². The minimum atomic E-state index is -0.347. The van der Waals surface area contributed by atoms with Gasteiger partial charge in [-0.1, -0.05) is 48.5 Å². The lowest BCUT2D eigenvalue weighted by Gasteiger charge is -2.18. The molecule has 26 heavy (non-hydrogen) atoms. The van der Waals surface area contributed by atoms with Gasteiger partial charge in [-0.3, -0.25) is 9.59 Å². The Morgan fingerprint density at radius 3 is 2.46 bits per heavy atom. The molecular weight excluding hydrogens is 351 g/mol. The molecule has 0 aliphatic rings. The molecule has 0 fully saturated rings. The molecule has 2 N–H and O–H groups in total. The Kier molecular flexibility index (Phi) is 8.15. The highest BCUT2D eigenvalue weighted by Crippen LogP contribution is 2.17. The first kappa shape index (κ1) is 20.0. The van der Waals surface area contributed by atoms with Crippen molar-refractivity contribution in [3.63, 3.8) is 0 Å². The van der Waals surface area contributed by atoms with E-state index in [1.165, 1.54) is 13.0 Å². The third-order valence-electron chi connectivity index (χ3n) is 3.75. The molecule has 2 amide bonds. The van der Waals surface area contributed by atoms with Crippen LogP contribution in [0.15, 0.2) is 54.6 Å². The van der Waals surface area contributed by atoms with E-state index in [4.69, 9.17) is 0 Å². The average molecular weight is 374 g/mol. The second kappa shape index (κ2) is 10.6. The highest BCUT2D eigenvalue weighted by atomic mass is 32.2. The van der Waals surface area contributed by atoms with Crippen LogP contribution in [0.3, 0.4) is 0 Å². The van der Waals surface area contributed by atoms with Gasteiger partial charge in [-0.25, -0.2) is 4.39 Å². The van der Waals surface area contributed by atoms with E-state index in [0.717, 1.165) is 5.56 Å². The Morgan fingerprint density at radius 1 is 1.08 bits per heavy atom. The Morgan fingerprint density at radius 2 is 1.77 bits per heavy atom. The fourth-order valence-electron chi connectivity index (χ4n) is 2.50. The van der Waals surface area contributed by atoms with Crippen LogP contribution in [-0.4, -0.2) is 24.1 Å². The van der Waals surface area contributed by atoms with Gasteiger partial charge in [0.1, 0.15) is 5.82 Å². The number of rotatable bonds is 9. The Hall–Kier alpha value is -2.34. The summed E-state index contributed by atoms with van der Waals surface area (Å²) >= 11 is 1.56. The number of hydrogen-bond donors (Lipinski definition) is 2. The van der Waals surface area contributed by atoms with Gasteiger partial charge < -0.3 is 10.6 Å². The number of thioether (sulfide) groups is 1. The second-order valence-electron chi connectivity index (χ2n) is 5.86. The maximum atomic E-state index is 13.5. The van der Waals surface area contributed by atoms with Crippen LogP contribution < -0.4 is 10.6 Å². The lowest BCUT2D eigenvalue weighted by Crippen LogP contribution is -2.33. The topological polar surface area (TPSA) is 58.2 Å². The fraction of sp³-hybridized carbons (Fsp3) is 0.300. The molecule has 138 valence electrons. The minimum Gasteiger partial charge on any atom is -0.355 e. The first-order valence-electron chi connectivity index (χ1n) is 8.46. The van der Waals surface area contributed by atoms with Crippen molar-refractivity contribution in [3.8, 4) is 0 Å². The van der Waals surface area contributed by atoms with Crippen molar-refractivity contribution in [3.05, 3.63) is 71.5 Å². The van der Waals surface area contributed by atoms with Crippen LogP contribution in [0.4, 0.5) is 4.39 Å². The van der Waals surface area contributed by atoms with Crippen LogP contribution in [-0.2, 0) is 15.3 Å². The predicted molar refractivity (Wildman–Crippen MR) is 103 cm³/mol. The first-order valence-corrected chi connectivity index (χ1v) is 9.61. The van der Waals surface area contributed by atoms with E-state index < -0.39 is 0 Å². The van der Waals surface area contributed by atoms with E-state index in [9.17, 15) is 14.0 Å². The molecule has 0 saturated carbocycles. The van der Waals surface area contributed by atoms with E-state index in [1.807, 2.05) is 36.4 Å². The molecule has 6 heteroatoms. The van der Waals surface area contributed by atoms with Crippen molar-refractivity contribution in [2.45, 2.75) is 25.1 Å². The molecule has 0 radical (unpaired) electrons. The van der Waals surface area contributed by atoms with Crippen molar-refractivity contribution < 1.29 is 14.0 Å². The Labute approximate surface area is 157 Å². The quantitative estimate of drug-likeness (QED) is 0.661. The van der Waals surface area contributed by atoms with Gasteiger partial charge in [-0.2, -0.15) is 11.8 Å². The van der Waals surface area contributed by atoms with Gasteiger partial charge in [-0.15, -0.1) is 0 Å². The summed E-state index contributed by atoms with van der Waals surface area (Å²) in [7, 11) is 0. The molecule has 0 saturated heterocycles. The fourth-order valence-corrected chi connectivity index (χ4v) is 3.35. The summed E-state index contributed by atoms with van der Waals surface area (Å²) in [5.74, 6) is 0.758. The maximum Gasteiger partial charge on any atom is 0.222 e. The number of carbonyl (C=O) groups excluding carboxylic acids is 2. The average Bonchev–Trinajstić information content (AvgIpc) is 2.63. The van der Waals surface area contributed by atoms with E-state index in [-0.39, 0.29) is 30.1 Å². The molecule has 0 spiro atoms. The second-order valence-corrected chi connectivity index (χ2v) is 6.97. The van der Waals surface area contributed by atoms with Crippen LogP contribution in [0.1, 0.15) is 30.5 Å². The van der Waals surface area contributed by atoms with Crippen LogP contribution >= 0.6 is 11.8 Å². The standard InChI is InChI=1S/C20H23FN2O2S/c1-15(24)23-19(16-7-3-2-4-8-16)13-20(25)22-11-12-26-14-17-9-5-6-10-18(17)21/h2-10,19H,11-14H2,1H3,(H,22,25)(H,23,24). The van der Waals surface area contributed by atoms with Gasteiger partial charge in [0.2, 0.25) is 11.8 Å². The van der Waals surface area contributed by atoms with Crippen molar-refractivity contribution >= 4 is 23.6 Å². The van der Waals surface area contributed by atoms with Crippen LogP contribution in [0.5, 0.6) is 0 Å². The molecule has 1 unspecified atom stereocenters. The molecule has 0 aromatic heterocycles. The minimum absolute atomic E-state index is 0.126. The zero-order valence-electron chi connectivity index (χ0n) is 14.7. The summed E-state index contributed by atoms with van der Waals surface area (Å²) in [6.07, 6.45) is 0.182. The summed E-state index contributed by atoms with van der Waals surface area (Å²) in [6, 6.07) is 15.8. The third kappa shape index (κ3) is 6.88. The number of benzene rings is 2. The third-order valence-corrected chi connectivity index (χ3v) is 4.76. The monoisotopic (exact) mass is 374 g/mol. The summed E-state index contributed by atoms with van der Waals surface area (Å²) in [5, 5.41) is 5.66. The molecule has 0 heterocycles. The van der Waals surface area contributed by atoms with E-state index >= 15 is 0 Å². The number of amides is 2. The number of hydrogen-bond acceptors (Lipinski definition) is 3. The van der Waals surface area contributed by atoms with Gasteiger partial charge in [0.25, 0.3) is 0 Å². The molecule has 2 aromatic rings. The van der Waals surface area contributed by atoms with E-state index in [2.05, 4.69) is 10.6 Å². The van der Waals surface area contributed by atoms with Gasteiger partial charge in [-0.05, 0) is 17.2 Å². The maximum absolute atomic E-state index is 13.5. The molecule has 0 bridgehead atoms. The number of nitrogens with one attached hydrogen (secondary N) is 2. The zero-order valence-corrected chi connectivity index (χ0v) is 15.5. The van der Waals surface area contributed by atoms with Crippen molar-refractivity contribution in [2.75, 3.05) is 12.3 Å². The van der Waals surface area contributed by atoms with Crippen LogP contribution in [0.2, 0.25) is 0 Å². The highest BCUT2D eigenvalue weighted by Gasteiger charge is 2.16. The lowest BCUT2D eigenvalue weighted by atomic mass is 10.0. The Balaban J connectivity index is 1.74. The summed E-state index contributed by atoms with van der Waals surface area (Å²) in [6.45, 7) is 1.94. The van der Waals surface area contributed by atoms with Gasteiger partial charge in [0.15, 0.2) is 0 Å². The summed E-state index contributed by atoms with van der Waals surface area (Å²) in [5.41, 5.74) is 1.56. The van der Waals surface area contributed by atoms with E-state index in [0.29, 0.717) is 23.6 Å². The van der Waals surface area contributed by atoms with Gasteiger partial charge in [0.05, 0.1) is 12.5 Å². The number of carbonyl (C=O) groups is 2. The first-order chi connectivity index (χ1) is 12.6. The Bertz CT molecular complexity index is 725. The summed E-state index contributed by atoms with van der Waals surface area (Å²) < 4.78 is 13.5. The largest absolute Gasteiger partial charge is 0.355 e. The van der Waals surface area contributed by atoms with Crippen LogP contribution in [0, 0.1) is 5.82 Å². The number of halogens is 1. The van der Waals surface area contributed by atoms with Crippen molar-refractivity contribution in [1.29, 1.82) is 0 Å². The molecule has 0 aliphatic heterocycles. The van der Waals surface area contributed by atoms with E-state index in [1.54, 1.807) is 23.9 Å². The molecule has 0 aliphatic carbocycles. The predicted octanol–water partition coefficient (Wildman–Crippen LogP) is 3.44. The normalized spacial score (nSPS) is 11.6. The highest BCUT2D eigenvalue weighted by molar-refractivity contribution is 7.98. The molecule has 2 aromatic carbocycles. The molecular formula is C20H23FN2O2S. The lowest BCUT2D eigenvalue weighted by molar-refractivity contribution is -0.122. The zero-order chi connectivity index (χ0) is 18.8. The molecule has 1 atom stereocenters. The molecule has 4 nitrogen and oxygen atoms in total. The van der Waals surface area contributed by atoms with Gasteiger partial charge in [0, 0.05) is 25.0 Å². The SMILES string of the molecule is CC(=O)NC(CC(=O)NCCSCc1ccccc1F)c1ccccc1. The van der Waals surface area contributed by atoms with Gasteiger partial charge >= 0.3 is 0 Å². The van der Waals surface area contributed by atoms with Crippen molar-refractivity contribution in [2.24, 2.45) is 0 Å².